The molecule has 0 bridgehead atoms. The molecule has 0 atom stereocenters. The van der Waals surface area contributed by atoms with Crippen molar-refractivity contribution in [3.8, 4) is 11.8 Å². The number of hydrogen-bond acceptors (Lipinski definition) is 3. The van der Waals surface area contributed by atoms with E-state index in [0.29, 0.717) is 5.56 Å². The molecule has 3 aromatic rings. The van der Waals surface area contributed by atoms with E-state index < -0.39 is 0 Å². The number of nitrogens with zero attached hydrogens (tertiary/aromatic N) is 2. The molecule has 4 rings (SSSR count). The van der Waals surface area contributed by atoms with Gasteiger partial charge in [-0.15, -0.1) is 0 Å². The van der Waals surface area contributed by atoms with Crippen molar-refractivity contribution in [1.82, 2.24) is 9.47 Å². The zero-order chi connectivity index (χ0) is 22.3. The zero-order valence-corrected chi connectivity index (χ0v) is 19.1. The zero-order valence-electron chi connectivity index (χ0n) is 19.1. The molecule has 2 heterocycles. The van der Waals surface area contributed by atoms with E-state index in [2.05, 4.69) is 59.5 Å². The molecule has 1 aliphatic rings. The first kappa shape index (κ1) is 22.2. The summed E-state index contributed by atoms with van der Waals surface area (Å²) in [5, 5.41) is 1.23. The van der Waals surface area contributed by atoms with Gasteiger partial charge in [-0.1, -0.05) is 30.2 Å². The maximum Gasteiger partial charge on any atom is 0.339 e. The van der Waals surface area contributed by atoms with Crippen molar-refractivity contribution in [2.24, 2.45) is 5.92 Å². The van der Waals surface area contributed by atoms with Crippen molar-refractivity contribution < 1.29 is 9.53 Å². The highest BCUT2D eigenvalue weighted by molar-refractivity contribution is 5.89. The van der Waals surface area contributed by atoms with E-state index in [0.717, 1.165) is 24.6 Å². The Kier molecular flexibility index (Phi) is 7.29. The largest absolute Gasteiger partial charge is 0.449 e. The third-order valence-electron chi connectivity index (χ3n) is 6.46. The fourth-order valence-corrected chi connectivity index (χ4v) is 4.53. The van der Waals surface area contributed by atoms with Gasteiger partial charge < -0.3 is 14.2 Å². The van der Waals surface area contributed by atoms with Crippen molar-refractivity contribution in [3.63, 3.8) is 0 Å². The number of carbonyl (C=O) groups is 1. The highest BCUT2D eigenvalue weighted by Crippen LogP contribution is 2.25. The van der Waals surface area contributed by atoms with Crippen LogP contribution in [0, 0.1) is 17.8 Å². The number of benzene rings is 2. The van der Waals surface area contributed by atoms with Gasteiger partial charge in [0.15, 0.2) is 6.61 Å². The van der Waals surface area contributed by atoms with E-state index in [1.807, 2.05) is 18.2 Å². The highest BCUT2D eigenvalue weighted by atomic mass is 16.5. The molecule has 4 heteroatoms. The van der Waals surface area contributed by atoms with Gasteiger partial charge in [-0.25, -0.2) is 4.79 Å². The number of piperidine rings is 1. The predicted molar refractivity (Wildman–Crippen MR) is 130 cm³/mol. The number of fused-ring (bicyclic) bond motifs is 1. The lowest BCUT2D eigenvalue weighted by molar-refractivity contribution is 0.0556. The van der Waals surface area contributed by atoms with Gasteiger partial charge >= 0.3 is 5.97 Å². The highest BCUT2D eigenvalue weighted by Gasteiger charge is 2.16. The number of rotatable bonds is 6. The van der Waals surface area contributed by atoms with E-state index in [9.17, 15) is 4.79 Å². The lowest BCUT2D eigenvalue weighted by Crippen LogP contribution is -2.30. The molecule has 0 N–H and O–H groups in total. The number of esters is 1. The lowest BCUT2D eigenvalue weighted by atomic mass is 9.90. The topological polar surface area (TPSA) is 34.5 Å². The Morgan fingerprint density at radius 2 is 1.88 bits per heavy atom. The van der Waals surface area contributed by atoms with Gasteiger partial charge in [-0.2, -0.15) is 0 Å². The van der Waals surface area contributed by atoms with Crippen LogP contribution in [0.15, 0.2) is 54.6 Å². The summed E-state index contributed by atoms with van der Waals surface area (Å²) in [4.78, 5) is 14.5. The second-order valence-corrected chi connectivity index (χ2v) is 8.70. The van der Waals surface area contributed by atoms with Crippen LogP contribution >= 0.6 is 0 Å². The summed E-state index contributed by atoms with van der Waals surface area (Å²) in [7, 11) is 2.22. The molecule has 2 aromatic carbocycles. The smallest absolute Gasteiger partial charge is 0.339 e. The normalized spacial score (nSPS) is 14.8. The van der Waals surface area contributed by atoms with Crippen LogP contribution in [-0.2, 0) is 17.7 Å². The Morgan fingerprint density at radius 3 is 2.62 bits per heavy atom. The summed E-state index contributed by atoms with van der Waals surface area (Å²) >= 11 is 0. The van der Waals surface area contributed by atoms with Gasteiger partial charge in [0.1, 0.15) is 0 Å². The summed E-state index contributed by atoms with van der Waals surface area (Å²) < 4.78 is 7.51. The van der Waals surface area contributed by atoms with Crippen molar-refractivity contribution in [3.05, 3.63) is 71.4 Å². The molecule has 0 unspecified atom stereocenters. The number of carbonyl (C=O) groups excluding carboxylic acids is 1. The molecule has 1 aliphatic heterocycles. The van der Waals surface area contributed by atoms with Crippen LogP contribution < -0.4 is 0 Å². The molecule has 1 fully saturated rings. The maximum atomic E-state index is 12.1. The molecular weight excluding hydrogens is 396 g/mol. The Balaban J connectivity index is 1.40. The van der Waals surface area contributed by atoms with Gasteiger partial charge in [0.2, 0.25) is 0 Å². The summed E-state index contributed by atoms with van der Waals surface area (Å²) in [5.74, 6) is 6.71. The molecule has 0 spiro atoms. The Hall–Kier alpha value is -3.03. The van der Waals surface area contributed by atoms with Crippen molar-refractivity contribution in [2.75, 3.05) is 26.7 Å². The first-order chi connectivity index (χ1) is 15.6. The summed E-state index contributed by atoms with van der Waals surface area (Å²) in [6.07, 6.45) is 5.05. The van der Waals surface area contributed by atoms with Crippen molar-refractivity contribution in [1.29, 1.82) is 0 Å². The average molecular weight is 429 g/mol. The number of likely N-dealkylation sites (tertiary alicyclic amines) is 1. The average Bonchev–Trinajstić information content (AvgIpc) is 3.18. The summed E-state index contributed by atoms with van der Waals surface area (Å²) in [6, 6.07) is 18.0. The third kappa shape index (κ3) is 5.41. The molecule has 166 valence electrons. The van der Waals surface area contributed by atoms with Crippen LogP contribution in [0.5, 0.6) is 0 Å². The van der Waals surface area contributed by atoms with Gasteiger partial charge in [0.25, 0.3) is 0 Å². The standard InChI is InChI=1S/C28H32N2O2/c1-3-30-26(10-7-19-32-28(31)24-8-5-4-6-9-24)21-25-20-23(13-14-27(25)30)12-11-22-15-17-29(2)18-16-22/h4-6,8-9,13-14,20-22H,3,11-12,15-19H2,1-2H3. The minimum atomic E-state index is -0.342. The van der Waals surface area contributed by atoms with Gasteiger partial charge in [-0.3, -0.25) is 0 Å². The van der Waals surface area contributed by atoms with E-state index in [4.69, 9.17) is 4.74 Å². The van der Waals surface area contributed by atoms with Crippen LogP contribution in [0.2, 0.25) is 0 Å². The van der Waals surface area contributed by atoms with E-state index >= 15 is 0 Å². The summed E-state index contributed by atoms with van der Waals surface area (Å²) in [5.41, 5.74) is 4.12. The Bertz CT molecular complexity index is 1110. The molecule has 1 saturated heterocycles. The fraction of sp³-hybridized carbons (Fsp3) is 0.393. The molecule has 0 aliphatic carbocycles. The molecule has 0 radical (unpaired) electrons. The minimum absolute atomic E-state index is 0.0841. The molecule has 1 aromatic heterocycles. The monoisotopic (exact) mass is 428 g/mol. The van der Waals surface area contributed by atoms with Crippen LogP contribution in [-0.4, -0.2) is 42.2 Å². The predicted octanol–water partition coefficient (Wildman–Crippen LogP) is 5.14. The number of aryl methyl sites for hydroxylation is 2. The third-order valence-corrected chi connectivity index (χ3v) is 6.46. The van der Waals surface area contributed by atoms with Crippen molar-refractivity contribution in [2.45, 2.75) is 39.2 Å². The minimum Gasteiger partial charge on any atom is -0.449 e. The second-order valence-electron chi connectivity index (χ2n) is 8.70. The van der Waals surface area contributed by atoms with E-state index in [-0.39, 0.29) is 12.6 Å². The molecule has 32 heavy (non-hydrogen) atoms. The molecule has 4 nitrogen and oxygen atoms in total. The van der Waals surface area contributed by atoms with E-state index in [1.165, 1.54) is 48.8 Å². The lowest BCUT2D eigenvalue weighted by Gasteiger charge is -2.28. The number of ether oxygens (including phenoxy) is 1. The van der Waals surface area contributed by atoms with Crippen LogP contribution in [0.25, 0.3) is 10.9 Å². The first-order valence-corrected chi connectivity index (χ1v) is 11.7. The quantitative estimate of drug-likeness (QED) is 0.403. The van der Waals surface area contributed by atoms with E-state index in [1.54, 1.807) is 12.1 Å². The van der Waals surface area contributed by atoms with Crippen molar-refractivity contribution >= 4 is 16.9 Å². The number of hydrogen-bond donors (Lipinski definition) is 0. The molecule has 0 amide bonds. The summed E-state index contributed by atoms with van der Waals surface area (Å²) in [6.45, 7) is 5.53. The first-order valence-electron chi connectivity index (χ1n) is 11.7. The Morgan fingerprint density at radius 1 is 1.09 bits per heavy atom. The van der Waals surface area contributed by atoms with Crippen LogP contribution in [0.4, 0.5) is 0 Å². The van der Waals surface area contributed by atoms with Gasteiger partial charge in [0, 0.05) is 17.4 Å². The van der Waals surface area contributed by atoms with Crippen LogP contribution in [0.1, 0.15) is 47.8 Å². The Labute approximate surface area is 191 Å². The number of aromatic nitrogens is 1. The van der Waals surface area contributed by atoms with Gasteiger partial charge in [0.05, 0.1) is 11.3 Å². The SMILES string of the molecule is CCn1c(C#CCOC(=O)c2ccccc2)cc2cc(CCC3CCN(C)CC3)ccc21. The second kappa shape index (κ2) is 10.5. The molecule has 0 saturated carbocycles. The fourth-order valence-electron chi connectivity index (χ4n) is 4.53. The van der Waals surface area contributed by atoms with Gasteiger partial charge in [-0.05, 0) is 100 Å². The maximum absolute atomic E-state index is 12.1. The van der Waals surface area contributed by atoms with Crippen LogP contribution in [0.3, 0.4) is 0 Å². The molecular formula is C28H32N2O2.